The van der Waals surface area contributed by atoms with E-state index in [9.17, 15) is 14.4 Å². The molecule has 6 heteroatoms. The zero-order chi connectivity index (χ0) is 9.72. The first kappa shape index (κ1) is 10.9. The van der Waals surface area contributed by atoms with Crippen molar-refractivity contribution >= 4 is 17.9 Å². The molecule has 0 aliphatic rings. The molecule has 3 N–H and O–H groups in total. The van der Waals surface area contributed by atoms with E-state index in [1.54, 1.807) is 0 Å². The highest BCUT2D eigenvalue weighted by Crippen LogP contribution is 1.95. The molecule has 0 aromatic carbocycles. The molecule has 0 amide bonds. The second-order valence-corrected chi connectivity index (χ2v) is 2.03. The third-order valence-corrected chi connectivity index (χ3v) is 1.19. The quantitative estimate of drug-likeness (QED) is 0.305. The maximum atomic E-state index is 10.4. The molecular formula is C6H8O6. The minimum atomic E-state index is -2.08. The number of carbonyl (C=O) groups excluding carboxylic acids is 3. The van der Waals surface area contributed by atoms with E-state index in [4.69, 9.17) is 15.3 Å². The fourth-order valence-corrected chi connectivity index (χ4v) is 0.495. The fraction of sp³-hybridized carbons (Fsp3) is 0.500. The number of aliphatic hydroxyl groups excluding tert-OH is 3. The first-order chi connectivity index (χ1) is 5.54. The maximum absolute atomic E-state index is 10.4. The van der Waals surface area contributed by atoms with E-state index in [1.807, 2.05) is 0 Å². The molecule has 12 heavy (non-hydrogen) atoms. The summed E-state index contributed by atoms with van der Waals surface area (Å²) in [5.41, 5.74) is 0. The van der Waals surface area contributed by atoms with Crippen molar-refractivity contribution in [3.8, 4) is 0 Å². The third kappa shape index (κ3) is 2.50. The van der Waals surface area contributed by atoms with Gasteiger partial charge in [0.2, 0.25) is 5.78 Å². The number of ketones is 2. The van der Waals surface area contributed by atoms with E-state index in [2.05, 4.69) is 0 Å². The summed E-state index contributed by atoms with van der Waals surface area (Å²) < 4.78 is 0. The topological polar surface area (TPSA) is 112 Å². The summed E-state index contributed by atoms with van der Waals surface area (Å²) in [6, 6.07) is 0. The highest BCUT2D eigenvalue weighted by Gasteiger charge is 2.28. The van der Waals surface area contributed by atoms with Crippen molar-refractivity contribution in [2.45, 2.75) is 12.2 Å². The second kappa shape index (κ2) is 4.70. The first-order valence-corrected chi connectivity index (χ1v) is 3.03. The summed E-state index contributed by atoms with van der Waals surface area (Å²) in [6.45, 7) is -0.996. The summed E-state index contributed by atoms with van der Waals surface area (Å²) in [7, 11) is 0. The van der Waals surface area contributed by atoms with Crippen LogP contribution in [0.5, 0.6) is 0 Å². The van der Waals surface area contributed by atoms with Crippen molar-refractivity contribution in [1.82, 2.24) is 0 Å². The standard InChI is InChI=1S/C6H8O6/c7-1-3(9)5(11)6(12)4(10)2-8/h1,5-6,8,11-12H,2H2. The molecule has 0 saturated heterocycles. The van der Waals surface area contributed by atoms with E-state index in [0.717, 1.165) is 0 Å². The zero-order valence-electron chi connectivity index (χ0n) is 6.01. The molecule has 2 unspecified atom stereocenters. The predicted molar refractivity (Wildman–Crippen MR) is 35.2 cm³/mol. The molecule has 0 aromatic heterocycles. The number of aldehydes is 1. The Morgan fingerprint density at radius 3 is 2.08 bits per heavy atom. The number of aliphatic hydroxyl groups is 3. The van der Waals surface area contributed by atoms with Crippen molar-refractivity contribution < 1.29 is 29.7 Å². The van der Waals surface area contributed by atoms with Crippen LogP contribution >= 0.6 is 0 Å². The Kier molecular flexibility index (Phi) is 4.27. The average Bonchev–Trinajstić information content (AvgIpc) is 2.12. The Hall–Kier alpha value is -1.11. The molecule has 0 rings (SSSR count). The lowest BCUT2D eigenvalue weighted by Crippen LogP contribution is -2.41. The maximum Gasteiger partial charge on any atom is 0.226 e. The Labute approximate surface area is 67.4 Å². The Morgan fingerprint density at radius 1 is 1.25 bits per heavy atom. The van der Waals surface area contributed by atoms with Crippen molar-refractivity contribution in [3.63, 3.8) is 0 Å². The van der Waals surface area contributed by atoms with Crippen LogP contribution in [0, 0.1) is 0 Å². The molecule has 2 atom stereocenters. The molecule has 0 aliphatic heterocycles. The first-order valence-electron chi connectivity index (χ1n) is 3.03. The summed E-state index contributed by atoms with van der Waals surface area (Å²) in [4.78, 5) is 30.6. The van der Waals surface area contributed by atoms with Crippen LogP contribution in [0.2, 0.25) is 0 Å². The Morgan fingerprint density at radius 2 is 1.75 bits per heavy atom. The fourth-order valence-electron chi connectivity index (χ4n) is 0.495. The molecular weight excluding hydrogens is 168 g/mol. The summed E-state index contributed by atoms with van der Waals surface area (Å²) in [5, 5.41) is 25.7. The number of rotatable bonds is 5. The molecule has 6 nitrogen and oxygen atoms in total. The van der Waals surface area contributed by atoms with Gasteiger partial charge in [0.05, 0.1) is 0 Å². The molecule has 0 heterocycles. The predicted octanol–water partition coefficient (Wildman–Crippen LogP) is -2.96. The lowest BCUT2D eigenvalue weighted by molar-refractivity contribution is -0.147. The Balaban J connectivity index is 4.27. The molecule has 68 valence electrons. The van der Waals surface area contributed by atoms with Gasteiger partial charge in [-0.3, -0.25) is 14.4 Å². The number of hydrogen-bond acceptors (Lipinski definition) is 6. The normalized spacial score (nSPS) is 14.9. The van der Waals surface area contributed by atoms with Gasteiger partial charge in [-0.25, -0.2) is 0 Å². The van der Waals surface area contributed by atoms with Gasteiger partial charge in [-0.2, -0.15) is 0 Å². The van der Waals surface area contributed by atoms with Crippen LogP contribution < -0.4 is 0 Å². The molecule has 0 fully saturated rings. The van der Waals surface area contributed by atoms with Crippen LogP contribution in [0.1, 0.15) is 0 Å². The Bertz CT molecular complexity index is 198. The summed E-state index contributed by atoms with van der Waals surface area (Å²) in [5.74, 6) is -2.41. The van der Waals surface area contributed by atoms with E-state index in [0.29, 0.717) is 0 Å². The van der Waals surface area contributed by atoms with Gasteiger partial charge in [0.25, 0.3) is 0 Å². The smallest absolute Gasteiger partial charge is 0.226 e. The van der Waals surface area contributed by atoms with Gasteiger partial charge in [0, 0.05) is 0 Å². The molecule has 0 bridgehead atoms. The van der Waals surface area contributed by atoms with E-state index in [1.165, 1.54) is 0 Å². The van der Waals surface area contributed by atoms with Gasteiger partial charge in [0.15, 0.2) is 18.2 Å². The summed E-state index contributed by atoms with van der Waals surface area (Å²) >= 11 is 0. The van der Waals surface area contributed by atoms with E-state index in [-0.39, 0.29) is 6.29 Å². The largest absolute Gasteiger partial charge is 0.388 e. The molecule has 0 spiro atoms. The molecule has 0 aromatic rings. The molecule has 0 radical (unpaired) electrons. The lowest BCUT2D eigenvalue weighted by atomic mass is 10.1. The second-order valence-electron chi connectivity index (χ2n) is 2.03. The monoisotopic (exact) mass is 176 g/mol. The van der Waals surface area contributed by atoms with Gasteiger partial charge < -0.3 is 15.3 Å². The molecule has 0 saturated carbocycles. The van der Waals surface area contributed by atoms with Gasteiger partial charge in [-0.05, 0) is 0 Å². The SMILES string of the molecule is O=CC(=O)C(O)C(O)C(=O)CO. The van der Waals surface area contributed by atoms with Crippen LogP contribution in [0.4, 0.5) is 0 Å². The van der Waals surface area contributed by atoms with Crippen molar-refractivity contribution in [2.75, 3.05) is 6.61 Å². The van der Waals surface area contributed by atoms with Gasteiger partial charge in [-0.15, -0.1) is 0 Å². The number of hydrogen-bond donors (Lipinski definition) is 3. The van der Waals surface area contributed by atoms with Crippen molar-refractivity contribution in [3.05, 3.63) is 0 Å². The third-order valence-electron chi connectivity index (χ3n) is 1.19. The van der Waals surface area contributed by atoms with E-state index >= 15 is 0 Å². The minimum Gasteiger partial charge on any atom is -0.388 e. The minimum absolute atomic E-state index is 0.210. The van der Waals surface area contributed by atoms with Crippen LogP contribution in [0.25, 0.3) is 0 Å². The average molecular weight is 176 g/mol. The number of carbonyl (C=O) groups is 3. The van der Waals surface area contributed by atoms with Crippen LogP contribution in [-0.2, 0) is 14.4 Å². The zero-order valence-corrected chi connectivity index (χ0v) is 6.01. The van der Waals surface area contributed by atoms with Gasteiger partial charge in [-0.1, -0.05) is 0 Å². The molecule has 0 aliphatic carbocycles. The van der Waals surface area contributed by atoms with E-state index < -0.39 is 30.4 Å². The van der Waals surface area contributed by atoms with Gasteiger partial charge >= 0.3 is 0 Å². The van der Waals surface area contributed by atoms with Crippen LogP contribution in [0.3, 0.4) is 0 Å². The summed E-state index contributed by atoms with van der Waals surface area (Å²) in [6.07, 6.45) is -4.33. The van der Waals surface area contributed by atoms with Crippen molar-refractivity contribution in [2.24, 2.45) is 0 Å². The highest BCUT2D eigenvalue weighted by molar-refractivity contribution is 6.27. The lowest BCUT2D eigenvalue weighted by Gasteiger charge is -2.11. The van der Waals surface area contributed by atoms with Crippen LogP contribution in [-0.4, -0.2) is 52.0 Å². The van der Waals surface area contributed by atoms with Crippen molar-refractivity contribution in [1.29, 1.82) is 0 Å². The number of Topliss-reactive ketones (excluding diaryl/α,β-unsaturated/α-hetero) is 2. The van der Waals surface area contributed by atoms with Crippen LogP contribution in [0.15, 0.2) is 0 Å². The van der Waals surface area contributed by atoms with Gasteiger partial charge in [0.1, 0.15) is 12.7 Å². The highest BCUT2D eigenvalue weighted by atomic mass is 16.3.